The Balaban J connectivity index is 2.66. The van der Waals surface area contributed by atoms with Gasteiger partial charge < -0.3 is 9.15 Å². The van der Waals surface area contributed by atoms with Crippen LogP contribution in [0.15, 0.2) is 40.1 Å². The van der Waals surface area contributed by atoms with Gasteiger partial charge in [-0.25, -0.2) is 4.79 Å². The fraction of sp³-hybridized carbons (Fsp3) is 0.267. The summed E-state index contributed by atoms with van der Waals surface area (Å²) in [7, 11) is 0. The Hall–Kier alpha value is -2.03. The molecule has 0 unspecified atom stereocenters. The van der Waals surface area contributed by atoms with Gasteiger partial charge in [-0.1, -0.05) is 19.6 Å². The Morgan fingerprint density at radius 2 is 2.22 bits per heavy atom. The van der Waals surface area contributed by atoms with Crippen molar-refractivity contribution < 1.29 is 9.15 Å². The molecule has 0 saturated carbocycles. The van der Waals surface area contributed by atoms with Crippen molar-refractivity contribution in [1.29, 1.82) is 0 Å². The molecular weight excluding hydrogens is 228 g/mol. The molecular formula is C15H16O3. The Bertz CT molecular complexity index is 638. The molecule has 0 aliphatic rings. The van der Waals surface area contributed by atoms with Crippen LogP contribution in [0, 0.1) is 6.92 Å². The van der Waals surface area contributed by atoms with Crippen LogP contribution in [0.5, 0.6) is 5.75 Å². The van der Waals surface area contributed by atoms with Crippen molar-refractivity contribution in [3.63, 3.8) is 0 Å². The van der Waals surface area contributed by atoms with Crippen LogP contribution < -0.4 is 10.4 Å². The molecule has 0 aliphatic carbocycles. The fourth-order valence-electron chi connectivity index (χ4n) is 2.01. The SMILES string of the molecule is C=CCOc1ccc2c(CC)cc(=O)oc2c1C. The minimum Gasteiger partial charge on any atom is -0.489 e. The Morgan fingerprint density at radius 3 is 2.89 bits per heavy atom. The maximum Gasteiger partial charge on any atom is 0.336 e. The van der Waals surface area contributed by atoms with Gasteiger partial charge >= 0.3 is 5.63 Å². The van der Waals surface area contributed by atoms with Crippen LogP contribution in [0.4, 0.5) is 0 Å². The van der Waals surface area contributed by atoms with E-state index in [1.54, 1.807) is 12.1 Å². The highest BCUT2D eigenvalue weighted by atomic mass is 16.5. The quantitative estimate of drug-likeness (QED) is 0.612. The third-order valence-electron chi connectivity index (χ3n) is 2.93. The monoisotopic (exact) mass is 244 g/mol. The number of ether oxygens (including phenoxy) is 1. The van der Waals surface area contributed by atoms with Crippen molar-refractivity contribution in [2.45, 2.75) is 20.3 Å². The van der Waals surface area contributed by atoms with E-state index in [9.17, 15) is 4.79 Å². The number of hydrogen-bond acceptors (Lipinski definition) is 3. The van der Waals surface area contributed by atoms with E-state index >= 15 is 0 Å². The van der Waals surface area contributed by atoms with E-state index in [0.29, 0.717) is 12.2 Å². The number of rotatable bonds is 4. The molecule has 0 aliphatic heterocycles. The van der Waals surface area contributed by atoms with Gasteiger partial charge in [-0.2, -0.15) is 0 Å². The summed E-state index contributed by atoms with van der Waals surface area (Å²) >= 11 is 0. The van der Waals surface area contributed by atoms with Crippen molar-refractivity contribution in [3.05, 3.63) is 52.4 Å². The summed E-state index contributed by atoms with van der Waals surface area (Å²) < 4.78 is 10.8. The highest BCUT2D eigenvalue weighted by Crippen LogP contribution is 2.28. The van der Waals surface area contributed by atoms with Crippen LogP contribution in [0.3, 0.4) is 0 Å². The zero-order valence-corrected chi connectivity index (χ0v) is 10.7. The topological polar surface area (TPSA) is 39.4 Å². The standard InChI is InChI=1S/C15H16O3/c1-4-8-17-13-7-6-12-11(5-2)9-14(16)18-15(12)10(13)3/h4,6-7,9H,1,5,8H2,2-3H3. The van der Waals surface area contributed by atoms with Crippen LogP contribution in [-0.4, -0.2) is 6.61 Å². The lowest BCUT2D eigenvalue weighted by Gasteiger charge is -2.10. The molecule has 0 bridgehead atoms. The van der Waals surface area contributed by atoms with Gasteiger partial charge in [-0.05, 0) is 31.0 Å². The van der Waals surface area contributed by atoms with E-state index in [1.165, 1.54) is 0 Å². The number of hydrogen-bond donors (Lipinski definition) is 0. The number of benzene rings is 1. The molecule has 2 rings (SSSR count). The fourth-order valence-corrected chi connectivity index (χ4v) is 2.01. The Morgan fingerprint density at radius 1 is 1.44 bits per heavy atom. The summed E-state index contributed by atoms with van der Waals surface area (Å²) in [5.41, 5.74) is 2.14. The number of aryl methyl sites for hydroxylation is 2. The van der Waals surface area contributed by atoms with Gasteiger partial charge in [0.2, 0.25) is 0 Å². The molecule has 1 heterocycles. The van der Waals surface area contributed by atoms with Crippen molar-refractivity contribution in [3.8, 4) is 5.75 Å². The zero-order chi connectivity index (χ0) is 13.1. The molecule has 0 spiro atoms. The maximum atomic E-state index is 11.5. The molecule has 0 radical (unpaired) electrons. The first-order valence-electron chi connectivity index (χ1n) is 5.97. The molecule has 94 valence electrons. The maximum absolute atomic E-state index is 11.5. The van der Waals surface area contributed by atoms with E-state index in [2.05, 4.69) is 6.58 Å². The summed E-state index contributed by atoms with van der Waals surface area (Å²) in [6.45, 7) is 7.96. The Kier molecular flexibility index (Phi) is 3.51. The molecule has 3 heteroatoms. The average Bonchev–Trinajstić information content (AvgIpc) is 2.38. The highest BCUT2D eigenvalue weighted by Gasteiger charge is 2.10. The first-order valence-corrected chi connectivity index (χ1v) is 5.97. The summed E-state index contributed by atoms with van der Waals surface area (Å²) in [4.78, 5) is 11.5. The van der Waals surface area contributed by atoms with Crippen LogP contribution >= 0.6 is 0 Å². The van der Waals surface area contributed by atoms with Crippen molar-refractivity contribution >= 4 is 11.0 Å². The number of fused-ring (bicyclic) bond motifs is 1. The van der Waals surface area contributed by atoms with Crippen molar-refractivity contribution in [1.82, 2.24) is 0 Å². The molecule has 0 saturated heterocycles. The minimum atomic E-state index is -0.316. The van der Waals surface area contributed by atoms with Crippen LogP contribution in [0.2, 0.25) is 0 Å². The second-order valence-corrected chi connectivity index (χ2v) is 4.11. The first kappa shape index (κ1) is 12.4. The summed E-state index contributed by atoms with van der Waals surface area (Å²) in [6, 6.07) is 5.38. The van der Waals surface area contributed by atoms with Gasteiger partial charge in [-0.15, -0.1) is 0 Å². The minimum absolute atomic E-state index is 0.316. The lowest BCUT2D eigenvalue weighted by atomic mass is 10.0. The predicted molar refractivity (Wildman–Crippen MR) is 72.3 cm³/mol. The molecule has 18 heavy (non-hydrogen) atoms. The molecule has 1 aromatic heterocycles. The smallest absolute Gasteiger partial charge is 0.336 e. The van der Waals surface area contributed by atoms with E-state index in [0.717, 1.165) is 28.7 Å². The molecule has 0 N–H and O–H groups in total. The third-order valence-corrected chi connectivity index (χ3v) is 2.93. The molecule has 3 nitrogen and oxygen atoms in total. The van der Waals surface area contributed by atoms with Crippen LogP contribution in [-0.2, 0) is 6.42 Å². The molecule has 1 aromatic carbocycles. The first-order chi connectivity index (χ1) is 8.67. The van der Waals surface area contributed by atoms with Crippen LogP contribution in [0.1, 0.15) is 18.1 Å². The second kappa shape index (κ2) is 5.08. The average molecular weight is 244 g/mol. The van der Waals surface area contributed by atoms with E-state index in [4.69, 9.17) is 9.15 Å². The summed E-state index contributed by atoms with van der Waals surface area (Å²) in [6.07, 6.45) is 2.48. The lowest BCUT2D eigenvalue weighted by Crippen LogP contribution is -2.02. The lowest BCUT2D eigenvalue weighted by molar-refractivity contribution is 0.360. The normalized spacial score (nSPS) is 10.6. The second-order valence-electron chi connectivity index (χ2n) is 4.11. The summed E-state index contributed by atoms with van der Waals surface area (Å²) in [5, 5.41) is 0.973. The Labute approximate surface area is 106 Å². The molecule has 0 fully saturated rings. The van der Waals surface area contributed by atoms with E-state index < -0.39 is 0 Å². The predicted octanol–water partition coefficient (Wildman–Crippen LogP) is 3.23. The van der Waals surface area contributed by atoms with Gasteiger partial charge in [-0.3, -0.25) is 0 Å². The van der Waals surface area contributed by atoms with Gasteiger partial charge in [0.25, 0.3) is 0 Å². The van der Waals surface area contributed by atoms with E-state index in [1.807, 2.05) is 26.0 Å². The van der Waals surface area contributed by atoms with Crippen molar-refractivity contribution in [2.24, 2.45) is 0 Å². The van der Waals surface area contributed by atoms with Crippen LogP contribution in [0.25, 0.3) is 11.0 Å². The van der Waals surface area contributed by atoms with Gasteiger partial charge in [0.15, 0.2) is 0 Å². The zero-order valence-electron chi connectivity index (χ0n) is 10.7. The van der Waals surface area contributed by atoms with Gasteiger partial charge in [0.05, 0.1) is 0 Å². The third kappa shape index (κ3) is 2.16. The van der Waals surface area contributed by atoms with Crippen molar-refractivity contribution in [2.75, 3.05) is 6.61 Å². The van der Waals surface area contributed by atoms with Gasteiger partial charge in [0, 0.05) is 17.0 Å². The largest absolute Gasteiger partial charge is 0.489 e. The highest BCUT2D eigenvalue weighted by molar-refractivity contribution is 5.84. The van der Waals surface area contributed by atoms with E-state index in [-0.39, 0.29) is 5.63 Å². The summed E-state index contributed by atoms with van der Waals surface area (Å²) in [5.74, 6) is 0.721. The molecule has 0 amide bonds. The molecule has 2 aromatic rings. The van der Waals surface area contributed by atoms with Gasteiger partial charge in [0.1, 0.15) is 17.9 Å². The molecule has 0 atom stereocenters.